The summed E-state index contributed by atoms with van der Waals surface area (Å²) >= 11 is 0. The van der Waals surface area contributed by atoms with Gasteiger partial charge >= 0.3 is 5.69 Å². The molecule has 0 amide bonds. The van der Waals surface area contributed by atoms with Crippen molar-refractivity contribution < 1.29 is 4.92 Å². The van der Waals surface area contributed by atoms with Gasteiger partial charge in [-0.05, 0) is 12.8 Å². The van der Waals surface area contributed by atoms with Gasteiger partial charge in [0.1, 0.15) is 6.07 Å². The van der Waals surface area contributed by atoms with Gasteiger partial charge in [0, 0.05) is 37.4 Å². The molecule has 7 heteroatoms. The molecule has 1 fully saturated rings. The van der Waals surface area contributed by atoms with Crippen LogP contribution in [0.5, 0.6) is 0 Å². The number of pyridine rings is 1. The molecule has 1 N–H and O–H groups in total. The van der Waals surface area contributed by atoms with Crippen LogP contribution in [-0.4, -0.2) is 35.1 Å². The van der Waals surface area contributed by atoms with Gasteiger partial charge in [-0.3, -0.25) is 10.1 Å². The maximum absolute atomic E-state index is 11.3. The summed E-state index contributed by atoms with van der Waals surface area (Å²) in [5, 5.41) is 23.6. The molecule has 1 aliphatic rings. The van der Waals surface area contributed by atoms with Crippen molar-refractivity contribution in [3.05, 3.63) is 27.9 Å². The molecule has 0 aliphatic carbocycles. The summed E-state index contributed by atoms with van der Waals surface area (Å²) in [5.74, 6) is 0.366. The number of nitrogens with one attached hydrogen (secondary N) is 1. The molecule has 2 unspecified atom stereocenters. The van der Waals surface area contributed by atoms with E-state index in [4.69, 9.17) is 5.26 Å². The van der Waals surface area contributed by atoms with Crippen LogP contribution in [0.4, 0.5) is 11.5 Å². The number of aromatic nitrogens is 1. The zero-order valence-electron chi connectivity index (χ0n) is 12.2. The Hall–Kier alpha value is -2.20. The third-order valence-electron chi connectivity index (χ3n) is 3.91. The van der Waals surface area contributed by atoms with E-state index in [2.05, 4.69) is 24.1 Å². The fourth-order valence-corrected chi connectivity index (χ4v) is 2.62. The number of hydrogen-bond acceptors (Lipinski definition) is 6. The molecule has 0 aromatic carbocycles. The van der Waals surface area contributed by atoms with Gasteiger partial charge in [-0.15, -0.1) is 0 Å². The first-order valence-corrected chi connectivity index (χ1v) is 7.15. The van der Waals surface area contributed by atoms with Gasteiger partial charge < -0.3 is 10.2 Å². The first-order valence-electron chi connectivity index (χ1n) is 7.15. The molecular weight excluding hydrogens is 270 g/mol. The molecule has 21 heavy (non-hydrogen) atoms. The zero-order chi connectivity index (χ0) is 15.4. The van der Waals surface area contributed by atoms with Crippen LogP contribution < -0.4 is 10.2 Å². The Morgan fingerprint density at radius 2 is 2.33 bits per heavy atom. The van der Waals surface area contributed by atoms with Crippen molar-refractivity contribution in [1.82, 2.24) is 10.3 Å². The van der Waals surface area contributed by atoms with E-state index in [0.29, 0.717) is 18.4 Å². The highest BCUT2D eigenvalue weighted by atomic mass is 16.6. The van der Waals surface area contributed by atoms with Crippen LogP contribution in [0.1, 0.15) is 32.3 Å². The molecule has 2 rings (SSSR count). The second-order valence-corrected chi connectivity index (χ2v) is 5.16. The first-order chi connectivity index (χ1) is 10.1. The largest absolute Gasteiger partial charge is 0.345 e. The molecular formula is C14H19N5O2. The normalized spacial score (nSPS) is 21.9. The minimum absolute atomic E-state index is 0.0933. The van der Waals surface area contributed by atoms with E-state index in [0.717, 1.165) is 19.4 Å². The van der Waals surface area contributed by atoms with Crippen molar-refractivity contribution in [3.63, 3.8) is 0 Å². The van der Waals surface area contributed by atoms with Crippen molar-refractivity contribution in [2.24, 2.45) is 0 Å². The highest BCUT2D eigenvalue weighted by Crippen LogP contribution is 2.30. The average Bonchev–Trinajstić information content (AvgIpc) is 2.53. The van der Waals surface area contributed by atoms with Crippen LogP contribution >= 0.6 is 0 Å². The van der Waals surface area contributed by atoms with E-state index < -0.39 is 4.92 Å². The van der Waals surface area contributed by atoms with E-state index in [1.165, 1.54) is 12.3 Å². The highest BCUT2D eigenvalue weighted by molar-refractivity contribution is 5.61. The molecule has 0 radical (unpaired) electrons. The highest BCUT2D eigenvalue weighted by Gasteiger charge is 2.31. The van der Waals surface area contributed by atoms with Crippen molar-refractivity contribution in [1.29, 1.82) is 5.26 Å². The summed E-state index contributed by atoms with van der Waals surface area (Å²) in [5.41, 5.74) is 0.116. The lowest BCUT2D eigenvalue weighted by atomic mass is 10.0. The monoisotopic (exact) mass is 289 g/mol. The van der Waals surface area contributed by atoms with Crippen LogP contribution in [0, 0.1) is 21.4 Å². The van der Waals surface area contributed by atoms with E-state index in [9.17, 15) is 10.1 Å². The predicted octanol–water partition coefficient (Wildman–Crippen LogP) is 1.83. The molecule has 2 atom stereocenters. The van der Waals surface area contributed by atoms with Crippen molar-refractivity contribution >= 4 is 11.5 Å². The number of rotatable bonds is 4. The molecule has 0 bridgehead atoms. The Bertz CT molecular complexity index is 569. The number of nitro groups is 1. The average molecular weight is 289 g/mol. The summed E-state index contributed by atoms with van der Waals surface area (Å²) in [6, 6.07) is 3.67. The molecule has 1 saturated heterocycles. The standard InChI is InChI=1S/C14H19N5O2/c1-3-11-9-18(12(4-2)8-16-11)14-13(19(20)21)5-10(6-15)7-17-14/h5,7,11-12,16H,3-4,8-9H2,1-2H3. The summed E-state index contributed by atoms with van der Waals surface area (Å²) < 4.78 is 0. The van der Waals surface area contributed by atoms with E-state index in [-0.39, 0.29) is 17.3 Å². The molecule has 1 aromatic heterocycles. The Balaban J connectivity index is 2.42. The van der Waals surface area contributed by atoms with Crippen LogP contribution in [0.3, 0.4) is 0 Å². The van der Waals surface area contributed by atoms with Crippen molar-refractivity contribution in [2.45, 2.75) is 38.8 Å². The van der Waals surface area contributed by atoms with Gasteiger partial charge in [0.25, 0.3) is 0 Å². The van der Waals surface area contributed by atoms with Crippen LogP contribution in [0.25, 0.3) is 0 Å². The van der Waals surface area contributed by atoms with Gasteiger partial charge in [-0.1, -0.05) is 13.8 Å². The Kier molecular flexibility index (Phi) is 4.70. The van der Waals surface area contributed by atoms with Crippen LogP contribution in [-0.2, 0) is 0 Å². The minimum atomic E-state index is -0.459. The van der Waals surface area contributed by atoms with Gasteiger partial charge in [-0.25, -0.2) is 4.98 Å². The Morgan fingerprint density at radius 3 is 2.90 bits per heavy atom. The number of hydrogen-bond donors (Lipinski definition) is 1. The molecule has 0 spiro atoms. The maximum Gasteiger partial charge on any atom is 0.312 e. The molecule has 1 aliphatic heterocycles. The fourth-order valence-electron chi connectivity index (χ4n) is 2.62. The van der Waals surface area contributed by atoms with Gasteiger partial charge in [-0.2, -0.15) is 5.26 Å². The van der Waals surface area contributed by atoms with Crippen LogP contribution in [0.15, 0.2) is 12.3 Å². The topological polar surface area (TPSA) is 95.1 Å². The number of nitriles is 1. The minimum Gasteiger partial charge on any atom is -0.345 e. The lowest BCUT2D eigenvalue weighted by Crippen LogP contribution is -2.56. The fraction of sp³-hybridized carbons (Fsp3) is 0.571. The lowest BCUT2D eigenvalue weighted by molar-refractivity contribution is -0.384. The Labute approximate surface area is 123 Å². The van der Waals surface area contributed by atoms with Gasteiger partial charge in [0.2, 0.25) is 5.82 Å². The quantitative estimate of drug-likeness (QED) is 0.671. The second-order valence-electron chi connectivity index (χ2n) is 5.16. The third kappa shape index (κ3) is 3.11. The van der Waals surface area contributed by atoms with Gasteiger partial charge in [0.15, 0.2) is 0 Å². The maximum atomic E-state index is 11.3. The summed E-state index contributed by atoms with van der Waals surface area (Å²) in [6.07, 6.45) is 3.23. The Morgan fingerprint density at radius 1 is 1.57 bits per heavy atom. The molecule has 2 heterocycles. The zero-order valence-corrected chi connectivity index (χ0v) is 12.2. The van der Waals surface area contributed by atoms with Crippen molar-refractivity contribution in [2.75, 3.05) is 18.0 Å². The second kappa shape index (κ2) is 6.50. The number of nitrogens with zero attached hydrogens (tertiary/aromatic N) is 4. The molecule has 7 nitrogen and oxygen atoms in total. The smallest absolute Gasteiger partial charge is 0.312 e. The third-order valence-corrected chi connectivity index (χ3v) is 3.91. The summed E-state index contributed by atoms with van der Waals surface area (Å²) in [7, 11) is 0. The number of anilines is 1. The van der Waals surface area contributed by atoms with Crippen LogP contribution in [0.2, 0.25) is 0 Å². The van der Waals surface area contributed by atoms with E-state index >= 15 is 0 Å². The summed E-state index contributed by atoms with van der Waals surface area (Å²) in [6.45, 7) is 5.62. The predicted molar refractivity (Wildman–Crippen MR) is 79.1 cm³/mol. The van der Waals surface area contributed by atoms with Gasteiger partial charge in [0.05, 0.1) is 10.5 Å². The van der Waals surface area contributed by atoms with E-state index in [1.54, 1.807) is 0 Å². The molecule has 1 aromatic rings. The molecule has 112 valence electrons. The lowest BCUT2D eigenvalue weighted by Gasteiger charge is -2.40. The van der Waals surface area contributed by atoms with Crippen molar-refractivity contribution in [3.8, 4) is 6.07 Å². The molecule has 0 saturated carbocycles. The number of piperazine rings is 1. The first kappa shape index (κ1) is 15.2. The van der Waals surface area contributed by atoms with E-state index in [1.807, 2.05) is 11.0 Å². The summed E-state index contributed by atoms with van der Waals surface area (Å²) in [4.78, 5) is 17.0. The SMILES string of the molecule is CCC1CN(c2ncc(C#N)cc2[N+](=O)[O-])C(CC)CN1.